The van der Waals surface area contributed by atoms with Crippen molar-refractivity contribution in [2.45, 2.75) is 40.5 Å². The normalized spacial score (nSPS) is 73.0. The fourth-order valence-electron chi connectivity index (χ4n) is 5.20. The van der Waals surface area contributed by atoms with Gasteiger partial charge in [-0.2, -0.15) is 0 Å². The van der Waals surface area contributed by atoms with E-state index in [9.17, 15) is 0 Å². The fraction of sp³-hybridized carbons (Fsp3) is 1.00. The van der Waals surface area contributed by atoms with Crippen LogP contribution in [0.25, 0.3) is 0 Å². The van der Waals surface area contributed by atoms with Gasteiger partial charge in [0.2, 0.25) is 0 Å². The molecule has 0 aliphatic heterocycles. The van der Waals surface area contributed by atoms with Gasteiger partial charge in [-0.3, -0.25) is 0 Å². The first-order valence-corrected chi connectivity index (χ1v) is 5.52. The summed E-state index contributed by atoms with van der Waals surface area (Å²) in [6.45, 7) is 9.98. The van der Waals surface area contributed by atoms with Crippen molar-refractivity contribution in [1.29, 1.82) is 0 Å². The number of hydrogen-bond donors (Lipinski definition) is 0. The molecule has 4 fully saturated rings. The van der Waals surface area contributed by atoms with Crippen LogP contribution in [0.2, 0.25) is 0 Å². The second-order valence-electron chi connectivity index (χ2n) is 6.12. The van der Waals surface area contributed by atoms with Crippen LogP contribution in [-0.2, 0) is 0 Å². The lowest BCUT2D eigenvalue weighted by Crippen LogP contribution is -2.60. The van der Waals surface area contributed by atoms with Crippen LogP contribution in [0.5, 0.6) is 0 Å². The third-order valence-corrected chi connectivity index (χ3v) is 6.21. The van der Waals surface area contributed by atoms with Crippen LogP contribution in [0.3, 0.4) is 0 Å². The van der Waals surface area contributed by atoms with Crippen LogP contribution in [0, 0.1) is 34.5 Å². The lowest BCUT2D eigenvalue weighted by atomic mass is 9.39. The molecule has 0 nitrogen and oxygen atoms in total. The van der Waals surface area contributed by atoms with Gasteiger partial charge in [-0.1, -0.05) is 27.7 Å². The molecule has 0 saturated heterocycles. The third-order valence-electron chi connectivity index (χ3n) is 6.21. The summed E-state index contributed by atoms with van der Waals surface area (Å²) in [5.74, 6) is 4.18. The first kappa shape index (κ1) is 7.41. The summed E-state index contributed by atoms with van der Waals surface area (Å²) in [7, 11) is 0. The molecular formula is C12H20. The summed E-state index contributed by atoms with van der Waals surface area (Å²) < 4.78 is 0. The van der Waals surface area contributed by atoms with Crippen molar-refractivity contribution in [3.05, 3.63) is 0 Å². The van der Waals surface area contributed by atoms with Gasteiger partial charge in [0.1, 0.15) is 0 Å². The SMILES string of the molecule is CC1[C@@H](C)C2CC3(C)CC12C3C. The lowest BCUT2D eigenvalue weighted by Gasteiger charge is -2.65. The third kappa shape index (κ3) is 0.438. The summed E-state index contributed by atoms with van der Waals surface area (Å²) in [4.78, 5) is 0. The Morgan fingerprint density at radius 2 is 1.83 bits per heavy atom. The van der Waals surface area contributed by atoms with Gasteiger partial charge in [-0.15, -0.1) is 0 Å². The summed E-state index contributed by atoms with van der Waals surface area (Å²) in [5, 5.41) is 0. The Bertz CT molecular complexity index is 240. The average molecular weight is 164 g/mol. The first-order valence-electron chi connectivity index (χ1n) is 5.52. The van der Waals surface area contributed by atoms with Gasteiger partial charge in [0.05, 0.1) is 0 Å². The summed E-state index contributed by atoms with van der Waals surface area (Å²) >= 11 is 0. The van der Waals surface area contributed by atoms with Gasteiger partial charge in [0.15, 0.2) is 0 Å². The van der Waals surface area contributed by atoms with E-state index < -0.39 is 0 Å². The van der Waals surface area contributed by atoms with E-state index in [0.29, 0.717) is 0 Å². The topological polar surface area (TPSA) is 0 Å². The highest BCUT2D eigenvalue weighted by Crippen LogP contribution is 2.83. The highest BCUT2D eigenvalue weighted by atomic mass is 14.8. The second kappa shape index (κ2) is 1.63. The molecule has 0 aromatic heterocycles. The fourth-order valence-corrected chi connectivity index (χ4v) is 5.20. The Balaban J connectivity index is 2.00. The maximum atomic E-state index is 2.51. The standard InChI is InChI=1S/C12H20/c1-7-8(2)12-6-11(4,9(12)3)5-10(7)12/h7-10H,5-6H2,1-4H3/t7-,8?,9?,10?,11?,12?/m1/s1. The Kier molecular flexibility index (Phi) is 1.00. The molecule has 0 aromatic carbocycles. The predicted octanol–water partition coefficient (Wildman–Crippen LogP) is 3.32. The molecule has 4 saturated carbocycles. The molecule has 0 heteroatoms. The molecule has 0 N–H and O–H groups in total. The van der Waals surface area contributed by atoms with Crippen molar-refractivity contribution in [2.75, 3.05) is 0 Å². The minimum absolute atomic E-state index is 0.754. The average Bonchev–Trinajstić information content (AvgIpc) is 2.47. The van der Waals surface area contributed by atoms with E-state index in [-0.39, 0.29) is 0 Å². The molecule has 4 rings (SSSR count). The molecule has 5 unspecified atom stereocenters. The molecule has 2 bridgehead atoms. The van der Waals surface area contributed by atoms with Gasteiger partial charge in [0.25, 0.3) is 0 Å². The predicted molar refractivity (Wildman–Crippen MR) is 50.8 cm³/mol. The van der Waals surface area contributed by atoms with Gasteiger partial charge >= 0.3 is 0 Å². The minimum atomic E-state index is 0.754. The summed E-state index contributed by atoms with van der Waals surface area (Å²) in [6, 6.07) is 0. The number of rotatable bonds is 0. The van der Waals surface area contributed by atoms with Crippen LogP contribution < -0.4 is 0 Å². The smallest absolute Gasteiger partial charge is 0.0202 e. The van der Waals surface area contributed by atoms with E-state index in [0.717, 1.165) is 34.5 Å². The van der Waals surface area contributed by atoms with E-state index in [1.165, 1.54) is 0 Å². The molecule has 12 heavy (non-hydrogen) atoms. The van der Waals surface area contributed by atoms with Crippen LogP contribution in [0.4, 0.5) is 0 Å². The van der Waals surface area contributed by atoms with Crippen molar-refractivity contribution in [2.24, 2.45) is 34.5 Å². The largest absolute Gasteiger partial charge is 0.0619 e. The maximum absolute atomic E-state index is 2.51. The van der Waals surface area contributed by atoms with Gasteiger partial charge < -0.3 is 0 Å². The molecule has 1 spiro atoms. The molecule has 0 radical (unpaired) electrons. The van der Waals surface area contributed by atoms with Crippen molar-refractivity contribution in [3.8, 4) is 0 Å². The van der Waals surface area contributed by atoms with Crippen molar-refractivity contribution in [1.82, 2.24) is 0 Å². The van der Waals surface area contributed by atoms with Gasteiger partial charge in [0, 0.05) is 0 Å². The zero-order valence-electron chi connectivity index (χ0n) is 8.72. The molecule has 0 heterocycles. The van der Waals surface area contributed by atoms with E-state index >= 15 is 0 Å². The van der Waals surface area contributed by atoms with Crippen molar-refractivity contribution in [3.63, 3.8) is 0 Å². The van der Waals surface area contributed by atoms with Gasteiger partial charge in [-0.05, 0) is 47.3 Å². The van der Waals surface area contributed by atoms with Gasteiger partial charge in [-0.25, -0.2) is 0 Å². The molecule has 0 amide bonds. The quantitative estimate of drug-likeness (QED) is 0.515. The Morgan fingerprint density at radius 1 is 1.17 bits per heavy atom. The first-order chi connectivity index (χ1) is 5.52. The van der Waals surface area contributed by atoms with Crippen LogP contribution >= 0.6 is 0 Å². The molecular weight excluding hydrogens is 144 g/mol. The zero-order valence-corrected chi connectivity index (χ0v) is 8.72. The van der Waals surface area contributed by atoms with E-state index in [2.05, 4.69) is 27.7 Å². The molecule has 0 aromatic rings. The Morgan fingerprint density at radius 3 is 2.33 bits per heavy atom. The highest BCUT2D eigenvalue weighted by molar-refractivity contribution is 5.25. The lowest BCUT2D eigenvalue weighted by molar-refractivity contribution is -0.177. The molecule has 6 atom stereocenters. The van der Waals surface area contributed by atoms with E-state index in [1.807, 2.05) is 0 Å². The van der Waals surface area contributed by atoms with Crippen molar-refractivity contribution >= 4 is 0 Å². The molecule has 68 valence electrons. The second-order valence-corrected chi connectivity index (χ2v) is 6.12. The number of hydrogen-bond acceptors (Lipinski definition) is 0. The maximum Gasteiger partial charge on any atom is -0.0202 e. The summed E-state index contributed by atoms with van der Waals surface area (Å²) in [6.07, 6.45) is 3.09. The minimum Gasteiger partial charge on any atom is -0.0619 e. The monoisotopic (exact) mass is 164 g/mol. The van der Waals surface area contributed by atoms with Crippen LogP contribution in [0.15, 0.2) is 0 Å². The van der Waals surface area contributed by atoms with Crippen molar-refractivity contribution < 1.29 is 0 Å². The van der Waals surface area contributed by atoms with Crippen LogP contribution in [0.1, 0.15) is 40.5 Å². The molecule has 4 aliphatic rings. The van der Waals surface area contributed by atoms with E-state index in [1.54, 1.807) is 12.8 Å². The van der Waals surface area contributed by atoms with Crippen LogP contribution in [-0.4, -0.2) is 0 Å². The Hall–Kier alpha value is 0. The highest BCUT2D eigenvalue weighted by Gasteiger charge is 2.77. The zero-order chi connectivity index (χ0) is 8.72. The molecule has 4 aliphatic carbocycles. The Labute approximate surface area is 75.7 Å². The summed E-state index contributed by atoms with van der Waals surface area (Å²) in [5.41, 5.74) is 1.58. The van der Waals surface area contributed by atoms with E-state index in [4.69, 9.17) is 0 Å².